The van der Waals surface area contributed by atoms with E-state index in [1.165, 1.54) is 0 Å². The second-order valence-electron chi connectivity index (χ2n) is 9.56. The van der Waals surface area contributed by atoms with Gasteiger partial charge in [-0.1, -0.05) is 0 Å². The van der Waals surface area contributed by atoms with Gasteiger partial charge in [0.1, 0.15) is 5.69 Å². The van der Waals surface area contributed by atoms with Crippen molar-refractivity contribution in [2.24, 2.45) is 5.92 Å². The summed E-state index contributed by atoms with van der Waals surface area (Å²) in [5.41, 5.74) is 3.17. The molecule has 0 bridgehead atoms. The molecule has 3 saturated heterocycles. The minimum absolute atomic E-state index is 0.0561. The van der Waals surface area contributed by atoms with Crippen molar-refractivity contribution in [2.75, 3.05) is 46.0 Å². The summed E-state index contributed by atoms with van der Waals surface area (Å²) in [7, 11) is 0. The van der Waals surface area contributed by atoms with Gasteiger partial charge in [-0.15, -0.1) is 0 Å². The average molecular weight is 476 g/mol. The van der Waals surface area contributed by atoms with E-state index in [1.54, 1.807) is 6.92 Å². The SMILES string of the molecule is CCOC(=O)c1[nH]c(C)c(CCC(=O)N2CCC[C@H](C(=O)N3CCC4(CC3)OCCO4)C2)c1C. The fourth-order valence-corrected chi connectivity index (χ4v) is 5.48. The van der Waals surface area contributed by atoms with Crippen LogP contribution in [0.4, 0.5) is 0 Å². The smallest absolute Gasteiger partial charge is 0.355 e. The fourth-order valence-electron chi connectivity index (χ4n) is 5.48. The highest BCUT2D eigenvalue weighted by Crippen LogP contribution is 2.32. The fraction of sp³-hybridized carbons (Fsp3) is 0.720. The molecule has 0 radical (unpaired) electrons. The Bertz CT molecular complexity index is 910. The molecule has 0 saturated carbocycles. The molecule has 1 aromatic heterocycles. The molecule has 34 heavy (non-hydrogen) atoms. The first-order chi connectivity index (χ1) is 16.3. The van der Waals surface area contributed by atoms with Gasteiger partial charge in [0.05, 0.1) is 25.7 Å². The topological polar surface area (TPSA) is 101 Å². The second kappa shape index (κ2) is 10.5. The minimum atomic E-state index is -0.493. The lowest BCUT2D eigenvalue weighted by atomic mass is 9.94. The van der Waals surface area contributed by atoms with Crippen LogP contribution in [0.3, 0.4) is 0 Å². The van der Waals surface area contributed by atoms with Gasteiger partial charge in [-0.25, -0.2) is 4.79 Å². The van der Waals surface area contributed by atoms with E-state index in [0.717, 1.165) is 29.7 Å². The molecule has 1 N–H and O–H groups in total. The van der Waals surface area contributed by atoms with Gasteiger partial charge in [-0.05, 0) is 51.2 Å². The summed E-state index contributed by atoms with van der Waals surface area (Å²) in [6.45, 7) is 9.58. The minimum Gasteiger partial charge on any atom is -0.461 e. The Morgan fingerprint density at radius 2 is 1.79 bits per heavy atom. The lowest BCUT2D eigenvalue weighted by Gasteiger charge is -2.40. The van der Waals surface area contributed by atoms with Gasteiger partial charge < -0.3 is 29.0 Å². The van der Waals surface area contributed by atoms with Crippen molar-refractivity contribution in [3.8, 4) is 0 Å². The third-order valence-corrected chi connectivity index (χ3v) is 7.44. The van der Waals surface area contributed by atoms with E-state index in [0.29, 0.717) is 77.4 Å². The van der Waals surface area contributed by atoms with Crippen LogP contribution in [0.2, 0.25) is 0 Å². The highest BCUT2D eigenvalue weighted by atomic mass is 16.7. The van der Waals surface area contributed by atoms with Crippen molar-refractivity contribution < 1.29 is 28.6 Å². The number of aryl methyl sites for hydroxylation is 1. The van der Waals surface area contributed by atoms with E-state index in [4.69, 9.17) is 14.2 Å². The van der Waals surface area contributed by atoms with Gasteiger partial charge in [0, 0.05) is 51.1 Å². The third-order valence-electron chi connectivity index (χ3n) is 7.44. The highest BCUT2D eigenvalue weighted by molar-refractivity contribution is 5.90. The number of nitrogens with zero attached hydrogens (tertiary/aromatic N) is 2. The number of esters is 1. The number of likely N-dealkylation sites (tertiary alicyclic amines) is 2. The van der Waals surface area contributed by atoms with E-state index in [2.05, 4.69) is 4.98 Å². The Balaban J connectivity index is 1.30. The number of rotatable bonds is 6. The third kappa shape index (κ3) is 5.15. The van der Waals surface area contributed by atoms with Gasteiger partial charge >= 0.3 is 5.97 Å². The lowest BCUT2D eigenvalue weighted by Crippen LogP contribution is -2.51. The molecular formula is C25H37N3O6. The number of ether oxygens (including phenoxy) is 3. The van der Waals surface area contributed by atoms with Crippen LogP contribution in [0, 0.1) is 19.8 Å². The van der Waals surface area contributed by atoms with Gasteiger partial charge in [0.25, 0.3) is 0 Å². The maximum atomic E-state index is 13.2. The molecule has 1 atom stereocenters. The first-order valence-electron chi connectivity index (χ1n) is 12.5. The molecule has 0 aromatic carbocycles. The van der Waals surface area contributed by atoms with Gasteiger partial charge in [-0.3, -0.25) is 9.59 Å². The number of amides is 2. The maximum Gasteiger partial charge on any atom is 0.355 e. The Morgan fingerprint density at radius 1 is 1.09 bits per heavy atom. The lowest BCUT2D eigenvalue weighted by molar-refractivity contribution is -0.188. The van der Waals surface area contributed by atoms with Crippen LogP contribution in [-0.4, -0.2) is 84.4 Å². The molecule has 4 heterocycles. The van der Waals surface area contributed by atoms with E-state index in [1.807, 2.05) is 23.6 Å². The number of hydrogen-bond acceptors (Lipinski definition) is 6. The number of H-pyrrole nitrogens is 1. The average Bonchev–Trinajstić information content (AvgIpc) is 3.41. The summed E-state index contributed by atoms with van der Waals surface area (Å²) in [5.74, 6) is -0.814. The molecule has 9 nitrogen and oxygen atoms in total. The zero-order chi connectivity index (χ0) is 24.3. The van der Waals surface area contributed by atoms with Crippen molar-refractivity contribution in [1.82, 2.24) is 14.8 Å². The van der Waals surface area contributed by atoms with Gasteiger partial charge in [-0.2, -0.15) is 0 Å². The number of piperidine rings is 2. The Morgan fingerprint density at radius 3 is 2.47 bits per heavy atom. The van der Waals surface area contributed by atoms with Crippen molar-refractivity contribution in [3.63, 3.8) is 0 Å². The summed E-state index contributed by atoms with van der Waals surface area (Å²) < 4.78 is 16.7. The number of aromatic nitrogens is 1. The second-order valence-corrected chi connectivity index (χ2v) is 9.56. The van der Waals surface area contributed by atoms with Crippen LogP contribution >= 0.6 is 0 Å². The summed E-state index contributed by atoms with van der Waals surface area (Å²) in [5, 5.41) is 0. The summed E-state index contributed by atoms with van der Waals surface area (Å²) in [6.07, 6.45) is 3.96. The number of nitrogens with one attached hydrogen (secondary N) is 1. The van der Waals surface area contributed by atoms with E-state index in [9.17, 15) is 14.4 Å². The zero-order valence-electron chi connectivity index (χ0n) is 20.6. The van der Waals surface area contributed by atoms with E-state index < -0.39 is 5.79 Å². The maximum absolute atomic E-state index is 13.2. The van der Waals surface area contributed by atoms with Crippen LogP contribution in [0.5, 0.6) is 0 Å². The molecule has 1 aromatic rings. The molecule has 188 valence electrons. The highest BCUT2D eigenvalue weighted by Gasteiger charge is 2.42. The van der Waals surface area contributed by atoms with Gasteiger partial charge in [0.15, 0.2) is 5.79 Å². The molecule has 9 heteroatoms. The standard InChI is InChI=1S/C25H37N3O6/c1-4-32-24(31)22-17(2)20(18(3)26-22)7-8-21(29)28-11-5-6-19(16-28)23(30)27-12-9-25(10-13-27)33-14-15-34-25/h19,26H,4-16H2,1-3H3/t19-/m0/s1. The molecule has 3 aliphatic heterocycles. The predicted octanol–water partition coefficient (Wildman–Crippen LogP) is 2.34. The number of aromatic amines is 1. The van der Waals surface area contributed by atoms with Crippen LogP contribution in [0.25, 0.3) is 0 Å². The van der Waals surface area contributed by atoms with E-state index in [-0.39, 0.29) is 23.7 Å². The van der Waals surface area contributed by atoms with Crippen LogP contribution in [0.1, 0.15) is 66.3 Å². The largest absolute Gasteiger partial charge is 0.461 e. The molecule has 0 aliphatic carbocycles. The first-order valence-corrected chi connectivity index (χ1v) is 12.5. The zero-order valence-corrected chi connectivity index (χ0v) is 20.6. The molecule has 3 fully saturated rings. The first kappa shape index (κ1) is 24.7. The molecule has 1 spiro atoms. The Kier molecular flexibility index (Phi) is 7.62. The van der Waals surface area contributed by atoms with Crippen molar-refractivity contribution in [1.29, 1.82) is 0 Å². The van der Waals surface area contributed by atoms with E-state index >= 15 is 0 Å². The quantitative estimate of drug-likeness (QED) is 0.634. The van der Waals surface area contributed by atoms with Crippen LogP contribution in [0.15, 0.2) is 0 Å². The van der Waals surface area contributed by atoms with Crippen LogP contribution in [-0.2, 0) is 30.2 Å². The molecule has 2 amide bonds. The normalized spacial score (nSPS) is 22.3. The summed E-state index contributed by atoms with van der Waals surface area (Å²) in [6, 6.07) is 0. The van der Waals surface area contributed by atoms with Gasteiger partial charge in [0.2, 0.25) is 11.8 Å². The monoisotopic (exact) mass is 475 g/mol. The Labute approximate surface area is 201 Å². The predicted molar refractivity (Wildman–Crippen MR) is 124 cm³/mol. The van der Waals surface area contributed by atoms with Crippen molar-refractivity contribution in [3.05, 3.63) is 22.5 Å². The Hall–Kier alpha value is -2.39. The molecular weight excluding hydrogens is 438 g/mol. The molecule has 3 aliphatic rings. The van der Waals surface area contributed by atoms with Crippen molar-refractivity contribution in [2.45, 2.75) is 65.1 Å². The summed E-state index contributed by atoms with van der Waals surface area (Å²) >= 11 is 0. The van der Waals surface area contributed by atoms with Crippen molar-refractivity contribution >= 4 is 17.8 Å². The molecule has 0 unspecified atom stereocenters. The molecule has 4 rings (SSSR count). The number of carbonyl (C=O) groups excluding carboxylic acids is 3. The van der Waals surface area contributed by atoms with Crippen LogP contribution < -0.4 is 0 Å². The summed E-state index contributed by atoms with van der Waals surface area (Å²) in [4.78, 5) is 45.2. The number of carbonyl (C=O) groups is 3. The number of hydrogen-bond donors (Lipinski definition) is 1.